The third-order valence-corrected chi connectivity index (χ3v) is 7.17. The Bertz CT molecular complexity index is 556. The summed E-state index contributed by atoms with van der Waals surface area (Å²) in [7, 11) is 1.49. The summed E-state index contributed by atoms with van der Waals surface area (Å²) in [6.07, 6.45) is 8.56. The molecule has 3 aliphatic rings. The van der Waals surface area contributed by atoms with Crippen LogP contribution in [0.1, 0.15) is 65.2 Å². The van der Waals surface area contributed by atoms with E-state index in [9.17, 15) is 9.59 Å². The lowest BCUT2D eigenvalue weighted by Gasteiger charge is -2.52. The Morgan fingerprint density at radius 2 is 1.83 bits per heavy atom. The zero-order valence-electron chi connectivity index (χ0n) is 18.5. The zero-order chi connectivity index (χ0) is 20.9. The molecule has 1 spiro atoms. The molecule has 7 heteroatoms. The molecule has 0 unspecified atom stereocenters. The van der Waals surface area contributed by atoms with E-state index in [-0.39, 0.29) is 12.2 Å². The monoisotopic (exact) mass is 409 g/mol. The van der Waals surface area contributed by atoms with Crippen LogP contribution >= 0.6 is 0 Å². The first-order valence-corrected chi connectivity index (χ1v) is 11.5. The van der Waals surface area contributed by atoms with E-state index in [1.165, 1.54) is 20.0 Å². The minimum Gasteiger partial charge on any atom is -0.453 e. The minimum atomic E-state index is -0.174. The lowest BCUT2D eigenvalue weighted by Crippen LogP contribution is -2.56. The lowest BCUT2D eigenvalue weighted by atomic mass is 9.64. The molecule has 2 aliphatic heterocycles. The molecule has 2 heterocycles. The average molecular weight is 410 g/mol. The van der Waals surface area contributed by atoms with Crippen LogP contribution < -0.4 is 0 Å². The van der Waals surface area contributed by atoms with Gasteiger partial charge in [-0.15, -0.1) is 0 Å². The Balaban J connectivity index is 1.43. The van der Waals surface area contributed by atoms with Crippen molar-refractivity contribution in [2.24, 2.45) is 5.41 Å². The fraction of sp³-hybridized carbons (Fsp3) is 0.909. The number of methoxy groups -OCH3 is 1. The van der Waals surface area contributed by atoms with Crippen molar-refractivity contribution >= 4 is 12.2 Å². The second-order valence-electron chi connectivity index (χ2n) is 9.07. The van der Waals surface area contributed by atoms with Crippen LogP contribution in [0.4, 0.5) is 9.59 Å². The number of unbranched alkanes of at least 4 members (excludes halogenated alkanes) is 2. The van der Waals surface area contributed by atoms with Gasteiger partial charge in [-0.2, -0.15) is 0 Å². The van der Waals surface area contributed by atoms with Gasteiger partial charge in [0.2, 0.25) is 0 Å². The number of hydrogen-bond donors (Lipinski definition) is 0. The Hall–Kier alpha value is -1.50. The first kappa shape index (κ1) is 22.2. The van der Waals surface area contributed by atoms with Crippen molar-refractivity contribution in [1.29, 1.82) is 0 Å². The van der Waals surface area contributed by atoms with Crippen LogP contribution in [-0.4, -0.2) is 85.4 Å². The van der Waals surface area contributed by atoms with Crippen molar-refractivity contribution in [3.63, 3.8) is 0 Å². The molecule has 1 saturated carbocycles. The van der Waals surface area contributed by atoms with Crippen molar-refractivity contribution in [2.75, 3.05) is 46.4 Å². The first-order valence-electron chi connectivity index (χ1n) is 11.5. The van der Waals surface area contributed by atoms with E-state index in [2.05, 4.69) is 11.8 Å². The number of carbonyl (C=O) groups is 2. The predicted octanol–water partition coefficient (Wildman–Crippen LogP) is 3.72. The van der Waals surface area contributed by atoms with Crippen LogP contribution in [0.2, 0.25) is 0 Å². The SMILES string of the molecule is CCCCCN(C(=O)OC)C1CCN(C2CC3(CCN(C(=O)OCC)C3)C2)CC1. The summed E-state index contributed by atoms with van der Waals surface area (Å²) < 4.78 is 10.2. The molecule has 0 aromatic heterocycles. The summed E-state index contributed by atoms with van der Waals surface area (Å²) in [5.41, 5.74) is 0.312. The van der Waals surface area contributed by atoms with Crippen molar-refractivity contribution < 1.29 is 19.1 Å². The third-order valence-electron chi connectivity index (χ3n) is 7.17. The molecule has 2 saturated heterocycles. The van der Waals surface area contributed by atoms with Gasteiger partial charge in [-0.25, -0.2) is 9.59 Å². The molecule has 0 N–H and O–H groups in total. The fourth-order valence-corrected chi connectivity index (χ4v) is 5.47. The van der Waals surface area contributed by atoms with Gasteiger partial charge in [0.1, 0.15) is 0 Å². The van der Waals surface area contributed by atoms with Crippen molar-refractivity contribution in [3.05, 3.63) is 0 Å². The number of likely N-dealkylation sites (tertiary alicyclic amines) is 2. The van der Waals surface area contributed by atoms with Gasteiger partial charge in [-0.1, -0.05) is 19.8 Å². The number of piperidine rings is 1. The van der Waals surface area contributed by atoms with E-state index in [4.69, 9.17) is 9.47 Å². The van der Waals surface area contributed by atoms with Crippen LogP contribution in [0, 0.1) is 5.41 Å². The van der Waals surface area contributed by atoms with Gasteiger partial charge in [0.05, 0.1) is 13.7 Å². The van der Waals surface area contributed by atoms with Crippen LogP contribution in [0.5, 0.6) is 0 Å². The number of rotatable bonds is 7. The molecule has 0 aromatic rings. The maximum Gasteiger partial charge on any atom is 0.409 e. The molecule has 3 rings (SSSR count). The molecule has 3 fully saturated rings. The zero-order valence-corrected chi connectivity index (χ0v) is 18.5. The second-order valence-corrected chi connectivity index (χ2v) is 9.07. The normalized spacial score (nSPS) is 27.7. The molecule has 166 valence electrons. The van der Waals surface area contributed by atoms with Gasteiger partial charge in [0.15, 0.2) is 0 Å². The number of carbonyl (C=O) groups excluding carboxylic acids is 2. The summed E-state index contributed by atoms with van der Waals surface area (Å²) >= 11 is 0. The van der Waals surface area contributed by atoms with E-state index in [0.29, 0.717) is 24.1 Å². The van der Waals surface area contributed by atoms with Crippen molar-refractivity contribution in [3.8, 4) is 0 Å². The lowest BCUT2D eigenvalue weighted by molar-refractivity contribution is -0.0152. The fourth-order valence-electron chi connectivity index (χ4n) is 5.47. The highest BCUT2D eigenvalue weighted by Crippen LogP contribution is 2.50. The third kappa shape index (κ3) is 5.16. The summed E-state index contributed by atoms with van der Waals surface area (Å²) in [6, 6.07) is 0.931. The summed E-state index contributed by atoms with van der Waals surface area (Å²) in [5, 5.41) is 0. The second kappa shape index (κ2) is 10.0. The van der Waals surface area contributed by atoms with Gasteiger partial charge in [0.25, 0.3) is 0 Å². The van der Waals surface area contributed by atoms with Gasteiger partial charge < -0.3 is 24.2 Å². The van der Waals surface area contributed by atoms with Crippen LogP contribution in [0.15, 0.2) is 0 Å². The topological polar surface area (TPSA) is 62.3 Å². The van der Waals surface area contributed by atoms with Gasteiger partial charge >= 0.3 is 12.2 Å². The van der Waals surface area contributed by atoms with Gasteiger partial charge in [-0.05, 0) is 50.9 Å². The molecular formula is C22H39N3O4. The quantitative estimate of drug-likeness (QED) is 0.600. The summed E-state index contributed by atoms with van der Waals surface area (Å²) in [5.74, 6) is 0. The molecule has 0 radical (unpaired) electrons. The number of amides is 2. The van der Waals surface area contributed by atoms with Crippen molar-refractivity contribution in [1.82, 2.24) is 14.7 Å². The first-order chi connectivity index (χ1) is 14.0. The highest BCUT2D eigenvalue weighted by atomic mass is 16.6. The van der Waals surface area contributed by atoms with E-state index < -0.39 is 0 Å². The predicted molar refractivity (Wildman–Crippen MR) is 112 cm³/mol. The van der Waals surface area contributed by atoms with E-state index in [1.807, 2.05) is 16.7 Å². The van der Waals surface area contributed by atoms with Crippen LogP contribution in [-0.2, 0) is 9.47 Å². The maximum absolute atomic E-state index is 12.2. The van der Waals surface area contributed by atoms with E-state index >= 15 is 0 Å². The van der Waals surface area contributed by atoms with Crippen LogP contribution in [0.25, 0.3) is 0 Å². The van der Waals surface area contributed by atoms with Gasteiger partial charge in [-0.3, -0.25) is 0 Å². The molecular weight excluding hydrogens is 370 g/mol. The number of nitrogens with zero attached hydrogens (tertiary/aromatic N) is 3. The molecule has 0 atom stereocenters. The molecule has 29 heavy (non-hydrogen) atoms. The Morgan fingerprint density at radius 1 is 1.10 bits per heavy atom. The molecule has 1 aliphatic carbocycles. The minimum absolute atomic E-state index is 0.153. The highest BCUT2D eigenvalue weighted by Gasteiger charge is 2.51. The molecule has 7 nitrogen and oxygen atoms in total. The number of ether oxygens (including phenoxy) is 2. The summed E-state index contributed by atoms with van der Waals surface area (Å²) in [6.45, 7) is 9.08. The number of hydrogen-bond acceptors (Lipinski definition) is 5. The molecule has 0 aromatic carbocycles. The Kier molecular flexibility index (Phi) is 7.66. The maximum atomic E-state index is 12.2. The smallest absolute Gasteiger partial charge is 0.409 e. The van der Waals surface area contributed by atoms with Crippen molar-refractivity contribution in [2.45, 2.75) is 77.3 Å². The van der Waals surface area contributed by atoms with Gasteiger partial charge in [0, 0.05) is 44.8 Å². The highest BCUT2D eigenvalue weighted by molar-refractivity contribution is 5.68. The molecule has 0 bridgehead atoms. The Labute approximate surface area is 175 Å². The average Bonchev–Trinajstić information content (AvgIpc) is 3.16. The van der Waals surface area contributed by atoms with E-state index in [1.54, 1.807) is 0 Å². The molecule has 2 amide bonds. The van der Waals surface area contributed by atoms with E-state index in [0.717, 1.165) is 71.2 Å². The largest absolute Gasteiger partial charge is 0.453 e. The summed E-state index contributed by atoms with van der Waals surface area (Å²) in [4.78, 5) is 30.7. The van der Waals surface area contributed by atoms with Crippen LogP contribution in [0.3, 0.4) is 0 Å². The Morgan fingerprint density at radius 3 is 2.45 bits per heavy atom. The standard InChI is InChI=1S/C22H39N3O4/c1-4-6-7-11-25(21(27)28-3)18-8-12-23(13-9-18)19-15-22(16-19)10-14-24(17-22)20(26)29-5-2/h18-19H,4-17H2,1-3H3.